The lowest BCUT2D eigenvalue weighted by molar-refractivity contribution is 0.662. The van der Waals surface area contributed by atoms with Gasteiger partial charge in [-0.15, -0.1) is 0 Å². The molecule has 2 N–H and O–H groups in total. The van der Waals surface area contributed by atoms with Gasteiger partial charge in [-0.05, 0) is 61.4 Å². The van der Waals surface area contributed by atoms with Gasteiger partial charge in [-0.2, -0.15) is 0 Å². The standard InChI is InChI=1S/C18H23N/c1-13-8-9-16(10-15(13)3)11-18(19)12-17-7-5-4-6-14(17)2/h4-10,18H,11-12,19H2,1-3H3. The lowest BCUT2D eigenvalue weighted by atomic mass is 9.95. The minimum absolute atomic E-state index is 0.184. The number of hydrogen-bond donors (Lipinski definition) is 1. The van der Waals surface area contributed by atoms with Crippen LogP contribution < -0.4 is 5.73 Å². The molecule has 1 unspecified atom stereocenters. The third kappa shape index (κ3) is 3.68. The van der Waals surface area contributed by atoms with E-state index in [9.17, 15) is 0 Å². The molecule has 1 atom stereocenters. The van der Waals surface area contributed by atoms with E-state index in [-0.39, 0.29) is 6.04 Å². The van der Waals surface area contributed by atoms with Crippen molar-refractivity contribution in [1.82, 2.24) is 0 Å². The Hall–Kier alpha value is -1.60. The summed E-state index contributed by atoms with van der Waals surface area (Å²) in [4.78, 5) is 0. The largest absolute Gasteiger partial charge is 0.327 e. The Morgan fingerprint density at radius 3 is 2.26 bits per heavy atom. The molecular weight excluding hydrogens is 230 g/mol. The zero-order valence-corrected chi connectivity index (χ0v) is 12.1. The van der Waals surface area contributed by atoms with E-state index in [0.29, 0.717) is 0 Å². The summed E-state index contributed by atoms with van der Waals surface area (Å²) in [7, 11) is 0. The van der Waals surface area contributed by atoms with Crippen molar-refractivity contribution in [3.63, 3.8) is 0 Å². The lowest BCUT2D eigenvalue weighted by Crippen LogP contribution is -2.25. The minimum atomic E-state index is 0.184. The van der Waals surface area contributed by atoms with Crippen LogP contribution in [0, 0.1) is 20.8 Å². The van der Waals surface area contributed by atoms with Gasteiger partial charge in [0.05, 0.1) is 0 Å². The highest BCUT2D eigenvalue weighted by atomic mass is 14.6. The third-order valence-corrected chi connectivity index (χ3v) is 3.81. The number of nitrogens with two attached hydrogens (primary N) is 1. The predicted molar refractivity (Wildman–Crippen MR) is 82.5 cm³/mol. The van der Waals surface area contributed by atoms with E-state index in [0.717, 1.165) is 12.8 Å². The second-order valence-electron chi connectivity index (χ2n) is 5.51. The predicted octanol–water partition coefficient (Wildman–Crippen LogP) is 3.72. The number of hydrogen-bond acceptors (Lipinski definition) is 1. The first-order chi connectivity index (χ1) is 9.06. The maximum atomic E-state index is 6.29. The first kappa shape index (κ1) is 13.8. The molecule has 1 heteroatoms. The van der Waals surface area contributed by atoms with Gasteiger partial charge in [-0.25, -0.2) is 0 Å². The Morgan fingerprint density at radius 2 is 1.58 bits per heavy atom. The molecule has 0 amide bonds. The Balaban J connectivity index is 2.03. The van der Waals surface area contributed by atoms with Crippen LogP contribution in [-0.2, 0) is 12.8 Å². The maximum absolute atomic E-state index is 6.29. The molecule has 2 aromatic rings. The zero-order chi connectivity index (χ0) is 13.8. The van der Waals surface area contributed by atoms with Crippen LogP contribution in [0.4, 0.5) is 0 Å². The highest BCUT2D eigenvalue weighted by molar-refractivity contribution is 5.31. The van der Waals surface area contributed by atoms with Gasteiger partial charge in [0.2, 0.25) is 0 Å². The van der Waals surface area contributed by atoms with Gasteiger partial charge < -0.3 is 5.73 Å². The summed E-state index contributed by atoms with van der Waals surface area (Å²) in [6, 6.07) is 15.3. The van der Waals surface area contributed by atoms with Gasteiger partial charge in [0.1, 0.15) is 0 Å². The molecule has 2 rings (SSSR count). The molecule has 0 aliphatic carbocycles. The van der Waals surface area contributed by atoms with Crippen LogP contribution in [0.15, 0.2) is 42.5 Å². The highest BCUT2D eigenvalue weighted by Gasteiger charge is 2.07. The van der Waals surface area contributed by atoms with Crippen molar-refractivity contribution >= 4 is 0 Å². The fourth-order valence-electron chi connectivity index (χ4n) is 2.43. The molecule has 0 radical (unpaired) electrons. The second-order valence-corrected chi connectivity index (χ2v) is 5.51. The van der Waals surface area contributed by atoms with Crippen molar-refractivity contribution in [2.75, 3.05) is 0 Å². The highest BCUT2D eigenvalue weighted by Crippen LogP contribution is 2.14. The van der Waals surface area contributed by atoms with Gasteiger partial charge in [-0.1, -0.05) is 42.5 Å². The van der Waals surface area contributed by atoms with E-state index in [4.69, 9.17) is 5.73 Å². The quantitative estimate of drug-likeness (QED) is 0.883. The second kappa shape index (κ2) is 6.03. The minimum Gasteiger partial charge on any atom is -0.327 e. The average molecular weight is 253 g/mol. The van der Waals surface area contributed by atoms with E-state index in [2.05, 4.69) is 63.2 Å². The first-order valence-corrected chi connectivity index (χ1v) is 6.92. The lowest BCUT2D eigenvalue weighted by Gasteiger charge is -2.14. The molecule has 19 heavy (non-hydrogen) atoms. The summed E-state index contributed by atoms with van der Waals surface area (Å²) in [5.41, 5.74) is 13.0. The van der Waals surface area contributed by atoms with Crippen molar-refractivity contribution in [2.45, 2.75) is 39.7 Å². The normalized spacial score (nSPS) is 12.4. The molecule has 0 spiro atoms. The van der Waals surface area contributed by atoms with E-state index < -0.39 is 0 Å². The Bertz CT molecular complexity index is 557. The molecule has 2 aromatic carbocycles. The van der Waals surface area contributed by atoms with Crippen molar-refractivity contribution < 1.29 is 0 Å². The third-order valence-electron chi connectivity index (χ3n) is 3.81. The molecule has 0 aliphatic rings. The molecule has 0 bridgehead atoms. The van der Waals surface area contributed by atoms with Gasteiger partial charge in [0.15, 0.2) is 0 Å². The molecule has 0 saturated heterocycles. The van der Waals surface area contributed by atoms with Crippen molar-refractivity contribution in [3.8, 4) is 0 Å². The van der Waals surface area contributed by atoms with E-state index in [1.807, 2.05) is 0 Å². The van der Waals surface area contributed by atoms with Crippen LogP contribution in [0.1, 0.15) is 27.8 Å². The molecule has 0 aromatic heterocycles. The van der Waals surface area contributed by atoms with Crippen LogP contribution in [0.3, 0.4) is 0 Å². The Morgan fingerprint density at radius 1 is 0.842 bits per heavy atom. The van der Waals surface area contributed by atoms with Crippen LogP contribution in [0.2, 0.25) is 0 Å². The van der Waals surface area contributed by atoms with E-state index in [1.54, 1.807) is 0 Å². The number of rotatable bonds is 4. The summed E-state index contributed by atoms with van der Waals surface area (Å²) < 4.78 is 0. The van der Waals surface area contributed by atoms with Gasteiger partial charge in [-0.3, -0.25) is 0 Å². The van der Waals surface area contributed by atoms with Gasteiger partial charge in [0.25, 0.3) is 0 Å². The zero-order valence-electron chi connectivity index (χ0n) is 12.1. The number of benzene rings is 2. The van der Waals surface area contributed by atoms with Gasteiger partial charge in [0, 0.05) is 6.04 Å². The SMILES string of the molecule is Cc1ccc(CC(N)Cc2ccccc2C)cc1C. The summed E-state index contributed by atoms with van der Waals surface area (Å²) in [5.74, 6) is 0. The van der Waals surface area contributed by atoms with E-state index >= 15 is 0 Å². The van der Waals surface area contributed by atoms with Crippen molar-refractivity contribution in [1.29, 1.82) is 0 Å². The average Bonchev–Trinajstić information content (AvgIpc) is 2.37. The Labute approximate surface area is 116 Å². The molecular formula is C18H23N. The monoisotopic (exact) mass is 253 g/mol. The Kier molecular flexibility index (Phi) is 4.39. The fraction of sp³-hybridized carbons (Fsp3) is 0.333. The van der Waals surface area contributed by atoms with Crippen LogP contribution in [-0.4, -0.2) is 6.04 Å². The molecule has 100 valence electrons. The molecule has 1 nitrogen and oxygen atoms in total. The molecule has 0 fully saturated rings. The maximum Gasteiger partial charge on any atom is 0.0120 e. The van der Waals surface area contributed by atoms with Crippen LogP contribution >= 0.6 is 0 Å². The first-order valence-electron chi connectivity index (χ1n) is 6.92. The number of aryl methyl sites for hydroxylation is 3. The van der Waals surface area contributed by atoms with Crippen molar-refractivity contribution in [2.24, 2.45) is 5.73 Å². The molecule has 0 saturated carbocycles. The summed E-state index contributed by atoms with van der Waals surface area (Å²) in [6.07, 6.45) is 1.88. The summed E-state index contributed by atoms with van der Waals surface area (Å²) >= 11 is 0. The molecule has 0 heterocycles. The summed E-state index contributed by atoms with van der Waals surface area (Å²) in [6.45, 7) is 6.45. The van der Waals surface area contributed by atoms with Crippen LogP contribution in [0.5, 0.6) is 0 Å². The molecule has 0 aliphatic heterocycles. The van der Waals surface area contributed by atoms with Gasteiger partial charge >= 0.3 is 0 Å². The van der Waals surface area contributed by atoms with Crippen molar-refractivity contribution in [3.05, 3.63) is 70.3 Å². The van der Waals surface area contributed by atoms with Crippen LogP contribution in [0.25, 0.3) is 0 Å². The topological polar surface area (TPSA) is 26.0 Å². The smallest absolute Gasteiger partial charge is 0.0120 e. The fourth-order valence-corrected chi connectivity index (χ4v) is 2.43. The van der Waals surface area contributed by atoms with E-state index in [1.165, 1.54) is 27.8 Å². The summed E-state index contributed by atoms with van der Waals surface area (Å²) in [5, 5.41) is 0.